The fraction of sp³-hybridized carbons (Fsp3) is 0.333. The van der Waals surface area contributed by atoms with E-state index in [2.05, 4.69) is 24.3 Å². The van der Waals surface area contributed by atoms with Crippen LogP contribution in [0.3, 0.4) is 0 Å². The molecule has 1 fully saturated rings. The predicted octanol–water partition coefficient (Wildman–Crippen LogP) is 3.63. The predicted molar refractivity (Wildman–Crippen MR) is 87.5 cm³/mol. The minimum Gasteiger partial charge on any atom is -0.369 e. The van der Waals surface area contributed by atoms with E-state index in [1.807, 2.05) is 36.4 Å². The van der Waals surface area contributed by atoms with Crippen LogP contribution in [-0.2, 0) is 22.7 Å². The van der Waals surface area contributed by atoms with Crippen LogP contribution in [0.1, 0.15) is 11.1 Å². The number of benzene rings is 2. The molecule has 3 nitrogen and oxygen atoms in total. The lowest BCUT2D eigenvalue weighted by atomic mass is 10.2. The average Bonchev–Trinajstić information content (AvgIpc) is 2.93. The molecule has 2 atom stereocenters. The summed E-state index contributed by atoms with van der Waals surface area (Å²) in [5.41, 5.74) is 2.33. The van der Waals surface area contributed by atoms with Gasteiger partial charge in [0.2, 0.25) is 0 Å². The molecule has 0 N–H and O–H groups in total. The summed E-state index contributed by atoms with van der Waals surface area (Å²) in [5, 5.41) is 0. The zero-order chi connectivity index (χ0) is 15.2. The lowest BCUT2D eigenvalue weighted by Gasteiger charge is -2.19. The largest absolute Gasteiger partial charge is 0.369 e. The zero-order valence-corrected chi connectivity index (χ0v) is 13.2. The molecular weight excluding hydrogens is 298 g/mol. The van der Waals surface area contributed by atoms with E-state index >= 15 is 0 Å². The molecule has 22 heavy (non-hydrogen) atoms. The molecule has 0 aliphatic carbocycles. The first-order valence-corrected chi connectivity index (χ1v) is 7.87. The second-order valence-corrected chi connectivity index (χ2v) is 5.98. The van der Waals surface area contributed by atoms with Crippen molar-refractivity contribution in [3.63, 3.8) is 0 Å². The maximum atomic E-state index is 6.14. The Bertz CT molecular complexity index is 512. The Labute approximate surface area is 136 Å². The van der Waals surface area contributed by atoms with E-state index in [4.69, 9.17) is 21.3 Å². The van der Waals surface area contributed by atoms with Gasteiger partial charge in [0.15, 0.2) is 0 Å². The number of hydrogen-bond donors (Lipinski definition) is 0. The molecule has 116 valence electrons. The number of hydrogen-bond acceptors (Lipinski definition) is 3. The first kappa shape index (κ1) is 15.5. The monoisotopic (exact) mass is 317 g/mol. The van der Waals surface area contributed by atoms with Gasteiger partial charge in [0.25, 0.3) is 0 Å². The van der Waals surface area contributed by atoms with Gasteiger partial charge in [0, 0.05) is 13.1 Å². The van der Waals surface area contributed by atoms with Gasteiger partial charge >= 0.3 is 0 Å². The molecule has 1 saturated heterocycles. The number of nitrogens with zero attached hydrogens (tertiary/aromatic N) is 1. The molecule has 0 radical (unpaired) electrons. The van der Waals surface area contributed by atoms with Crippen molar-refractivity contribution in [1.29, 1.82) is 0 Å². The quantitative estimate of drug-likeness (QED) is 0.759. The molecule has 0 spiro atoms. The highest BCUT2D eigenvalue weighted by Crippen LogP contribution is 2.21. The molecule has 4 heteroatoms. The SMILES string of the molecule is ClN1C[C@@H](OCc2ccccc2)[C@H](OCc2ccccc2)C1. The van der Waals surface area contributed by atoms with E-state index in [1.54, 1.807) is 4.42 Å². The summed E-state index contributed by atoms with van der Waals surface area (Å²) in [6.45, 7) is 2.55. The normalized spacial score (nSPS) is 22.0. The van der Waals surface area contributed by atoms with Crippen molar-refractivity contribution in [2.75, 3.05) is 13.1 Å². The molecular formula is C18H20ClNO2. The van der Waals surface area contributed by atoms with E-state index in [9.17, 15) is 0 Å². The molecule has 0 unspecified atom stereocenters. The smallest absolute Gasteiger partial charge is 0.0994 e. The highest BCUT2D eigenvalue weighted by atomic mass is 35.5. The van der Waals surface area contributed by atoms with E-state index in [0.717, 1.165) is 11.1 Å². The van der Waals surface area contributed by atoms with Crippen molar-refractivity contribution < 1.29 is 9.47 Å². The lowest BCUT2D eigenvalue weighted by molar-refractivity contribution is -0.0591. The molecule has 0 saturated carbocycles. The van der Waals surface area contributed by atoms with Crippen LogP contribution in [0.5, 0.6) is 0 Å². The van der Waals surface area contributed by atoms with Crippen LogP contribution in [0.4, 0.5) is 0 Å². The zero-order valence-electron chi connectivity index (χ0n) is 12.4. The van der Waals surface area contributed by atoms with Gasteiger partial charge in [-0.1, -0.05) is 60.7 Å². The van der Waals surface area contributed by atoms with E-state index < -0.39 is 0 Å². The highest BCUT2D eigenvalue weighted by molar-refractivity contribution is 6.13. The van der Waals surface area contributed by atoms with Gasteiger partial charge < -0.3 is 9.47 Å². The van der Waals surface area contributed by atoms with Gasteiger partial charge in [0.05, 0.1) is 25.4 Å². The van der Waals surface area contributed by atoms with E-state index in [1.165, 1.54) is 0 Å². The van der Waals surface area contributed by atoms with Gasteiger partial charge in [-0.3, -0.25) is 0 Å². The van der Waals surface area contributed by atoms with Crippen molar-refractivity contribution in [1.82, 2.24) is 4.42 Å². The van der Waals surface area contributed by atoms with Gasteiger partial charge in [-0.25, -0.2) is 4.42 Å². The van der Waals surface area contributed by atoms with Crippen LogP contribution in [0.2, 0.25) is 0 Å². The van der Waals surface area contributed by atoms with Gasteiger partial charge in [0.1, 0.15) is 0 Å². The average molecular weight is 318 g/mol. The summed E-state index contributed by atoms with van der Waals surface area (Å²) in [6.07, 6.45) is 0.00263. The Balaban J connectivity index is 1.53. The summed E-state index contributed by atoms with van der Waals surface area (Å²) >= 11 is 6.14. The second kappa shape index (κ2) is 7.75. The van der Waals surface area contributed by atoms with Crippen molar-refractivity contribution in [3.8, 4) is 0 Å². The van der Waals surface area contributed by atoms with E-state index in [-0.39, 0.29) is 12.2 Å². The summed E-state index contributed by atoms with van der Waals surface area (Å²) < 4.78 is 13.8. The fourth-order valence-corrected chi connectivity index (χ4v) is 2.85. The Morgan fingerprint density at radius 2 is 1.18 bits per heavy atom. The Kier molecular flexibility index (Phi) is 5.46. The molecule has 3 rings (SSSR count). The van der Waals surface area contributed by atoms with Gasteiger partial charge in [-0.15, -0.1) is 0 Å². The van der Waals surface area contributed by atoms with Crippen molar-refractivity contribution >= 4 is 11.8 Å². The van der Waals surface area contributed by atoms with Crippen LogP contribution in [0, 0.1) is 0 Å². The van der Waals surface area contributed by atoms with Crippen LogP contribution in [0.15, 0.2) is 60.7 Å². The summed E-state index contributed by atoms with van der Waals surface area (Å²) in [7, 11) is 0. The van der Waals surface area contributed by atoms with Crippen molar-refractivity contribution in [3.05, 3.63) is 71.8 Å². The van der Waals surface area contributed by atoms with Crippen molar-refractivity contribution in [2.24, 2.45) is 0 Å². The third-order valence-electron chi connectivity index (χ3n) is 3.78. The molecule has 0 aromatic heterocycles. The first-order valence-electron chi connectivity index (χ1n) is 7.53. The summed E-state index contributed by atoms with van der Waals surface area (Å²) in [4.78, 5) is 0. The molecule has 0 amide bonds. The fourth-order valence-electron chi connectivity index (χ4n) is 2.58. The maximum Gasteiger partial charge on any atom is 0.0994 e. The highest BCUT2D eigenvalue weighted by Gasteiger charge is 2.33. The minimum absolute atomic E-state index is 0.00131. The third-order valence-corrected chi connectivity index (χ3v) is 4.06. The van der Waals surface area contributed by atoms with Crippen LogP contribution in [0.25, 0.3) is 0 Å². The summed E-state index contributed by atoms with van der Waals surface area (Å²) in [5.74, 6) is 0. The molecule has 1 aliphatic heterocycles. The number of halogens is 1. The number of rotatable bonds is 6. The van der Waals surface area contributed by atoms with Gasteiger partial charge in [-0.05, 0) is 22.9 Å². The topological polar surface area (TPSA) is 21.7 Å². The van der Waals surface area contributed by atoms with Gasteiger partial charge in [-0.2, -0.15) is 0 Å². The molecule has 0 bridgehead atoms. The Morgan fingerprint density at radius 1 is 0.773 bits per heavy atom. The maximum absolute atomic E-state index is 6.14. The van der Waals surface area contributed by atoms with Crippen molar-refractivity contribution in [2.45, 2.75) is 25.4 Å². The van der Waals surface area contributed by atoms with Crippen LogP contribution in [-0.4, -0.2) is 29.7 Å². The molecule has 1 heterocycles. The third kappa shape index (κ3) is 4.31. The molecule has 1 aliphatic rings. The standard InChI is InChI=1S/C18H20ClNO2/c19-20-11-17(21-13-15-7-3-1-4-8-15)18(12-20)22-14-16-9-5-2-6-10-16/h1-10,17-18H,11-14H2/t17-,18-/m1/s1. The van der Waals surface area contributed by atoms with E-state index in [0.29, 0.717) is 26.3 Å². The van der Waals surface area contributed by atoms with Crippen LogP contribution >= 0.6 is 11.8 Å². The Hall–Kier alpha value is -1.39. The molecule has 2 aromatic carbocycles. The minimum atomic E-state index is 0.00131. The molecule has 2 aromatic rings. The first-order chi connectivity index (χ1) is 10.8. The summed E-state index contributed by atoms with van der Waals surface area (Å²) in [6, 6.07) is 20.3. The lowest BCUT2D eigenvalue weighted by Crippen LogP contribution is -2.29. The Morgan fingerprint density at radius 3 is 1.59 bits per heavy atom. The second-order valence-electron chi connectivity index (χ2n) is 5.50. The van der Waals surface area contributed by atoms with Crippen LogP contribution < -0.4 is 0 Å². The number of ether oxygens (including phenoxy) is 2.